The zero-order valence-corrected chi connectivity index (χ0v) is 12.4. The zero-order chi connectivity index (χ0) is 15.2. The van der Waals surface area contributed by atoms with Crippen LogP contribution in [0, 0.1) is 6.92 Å². The van der Waals surface area contributed by atoms with Crippen LogP contribution >= 0.6 is 0 Å². The molecule has 21 heavy (non-hydrogen) atoms. The molecule has 4 heteroatoms. The maximum Gasteiger partial charge on any atom is 0.257 e. The second-order valence-corrected chi connectivity index (χ2v) is 5.09. The lowest BCUT2D eigenvalue weighted by atomic mass is 10.1. The summed E-state index contributed by atoms with van der Waals surface area (Å²) in [5, 5.41) is 2.89. The molecule has 0 fully saturated rings. The SMILES string of the molecule is CCCc1ccc(NC(=O)c2cc(C)ccc2NN)cc1. The summed E-state index contributed by atoms with van der Waals surface area (Å²) in [6.07, 6.45) is 2.16. The molecule has 2 aromatic carbocycles. The molecule has 4 N–H and O–H groups in total. The fourth-order valence-electron chi connectivity index (χ4n) is 2.21. The van der Waals surface area contributed by atoms with Crippen LogP contribution in [0.1, 0.15) is 34.8 Å². The van der Waals surface area contributed by atoms with E-state index in [1.165, 1.54) is 5.56 Å². The van der Waals surface area contributed by atoms with Crippen molar-refractivity contribution in [3.63, 3.8) is 0 Å². The van der Waals surface area contributed by atoms with Gasteiger partial charge >= 0.3 is 0 Å². The molecule has 0 saturated carbocycles. The summed E-state index contributed by atoms with van der Waals surface area (Å²) in [5.74, 6) is 5.28. The van der Waals surface area contributed by atoms with Gasteiger partial charge in [-0.25, -0.2) is 0 Å². The number of benzene rings is 2. The zero-order valence-electron chi connectivity index (χ0n) is 12.4. The first kappa shape index (κ1) is 15.1. The molecule has 0 atom stereocenters. The largest absolute Gasteiger partial charge is 0.323 e. The van der Waals surface area contributed by atoms with Crippen molar-refractivity contribution in [3.05, 3.63) is 59.2 Å². The highest BCUT2D eigenvalue weighted by atomic mass is 16.1. The number of carbonyl (C=O) groups excluding carboxylic acids is 1. The second-order valence-electron chi connectivity index (χ2n) is 5.09. The van der Waals surface area contributed by atoms with Gasteiger partial charge in [-0.1, -0.05) is 37.1 Å². The van der Waals surface area contributed by atoms with Crippen molar-refractivity contribution in [2.24, 2.45) is 5.84 Å². The standard InChI is InChI=1S/C17H21N3O/c1-3-4-13-6-8-14(9-7-13)19-17(21)15-11-12(2)5-10-16(15)20-18/h5-11,20H,3-4,18H2,1-2H3,(H,19,21). The summed E-state index contributed by atoms with van der Waals surface area (Å²) in [6, 6.07) is 13.5. The molecule has 0 saturated heterocycles. The quantitative estimate of drug-likeness (QED) is 0.581. The molecular formula is C17H21N3O. The van der Waals surface area contributed by atoms with Crippen LogP contribution in [0.25, 0.3) is 0 Å². The van der Waals surface area contributed by atoms with Crippen LogP contribution < -0.4 is 16.6 Å². The van der Waals surface area contributed by atoms with Gasteiger partial charge in [0.25, 0.3) is 5.91 Å². The van der Waals surface area contributed by atoms with Gasteiger partial charge in [-0.3, -0.25) is 10.6 Å². The van der Waals surface area contributed by atoms with Gasteiger partial charge in [0.15, 0.2) is 0 Å². The van der Waals surface area contributed by atoms with E-state index in [0.29, 0.717) is 11.3 Å². The number of anilines is 2. The fourth-order valence-corrected chi connectivity index (χ4v) is 2.21. The Labute approximate surface area is 125 Å². The summed E-state index contributed by atoms with van der Waals surface area (Å²) in [6.45, 7) is 4.09. The van der Waals surface area contributed by atoms with Crippen LogP contribution in [-0.4, -0.2) is 5.91 Å². The third kappa shape index (κ3) is 3.83. The van der Waals surface area contributed by atoms with E-state index in [-0.39, 0.29) is 5.91 Å². The summed E-state index contributed by atoms with van der Waals surface area (Å²) >= 11 is 0. The molecule has 2 aromatic rings. The minimum Gasteiger partial charge on any atom is -0.323 e. The molecule has 0 bridgehead atoms. The topological polar surface area (TPSA) is 67.2 Å². The molecule has 0 heterocycles. The van der Waals surface area contributed by atoms with E-state index in [1.807, 2.05) is 43.3 Å². The Balaban J connectivity index is 2.15. The van der Waals surface area contributed by atoms with E-state index in [0.717, 1.165) is 24.1 Å². The molecule has 0 aliphatic carbocycles. The third-order valence-corrected chi connectivity index (χ3v) is 3.33. The van der Waals surface area contributed by atoms with Gasteiger partial charge in [0.1, 0.15) is 0 Å². The summed E-state index contributed by atoms with van der Waals surface area (Å²) in [7, 11) is 0. The minimum absolute atomic E-state index is 0.171. The Hall–Kier alpha value is -2.33. The number of carbonyl (C=O) groups is 1. The van der Waals surface area contributed by atoms with Crippen molar-refractivity contribution < 1.29 is 4.79 Å². The van der Waals surface area contributed by atoms with E-state index < -0.39 is 0 Å². The van der Waals surface area contributed by atoms with Crippen LogP contribution in [0.2, 0.25) is 0 Å². The van der Waals surface area contributed by atoms with E-state index >= 15 is 0 Å². The van der Waals surface area contributed by atoms with Crippen LogP contribution in [0.5, 0.6) is 0 Å². The molecule has 1 amide bonds. The number of rotatable bonds is 5. The lowest BCUT2D eigenvalue weighted by Gasteiger charge is -2.11. The van der Waals surface area contributed by atoms with Crippen molar-refractivity contribution >= 4 is 17.3 Å². The molecule has 0 spiro atoms. The van der Waals surface area contributed by atoms with Crippen molar-refractivity contribution in [3.8, 4) is 0 Å². The van der Waals surface area contributed by atoms with Gasteiger partial charge in [-0.2, -0.15) is 0 Å². The number of hydrogen-bond donors (Lipinski definition) is 3. The first-order valence-electron chi connectivity index (χ1n) is 7.11. The highest BCUT2D eigenvalue weighted by Gasteiger charge is 2.11. The molecule has 110 valence electrons. The van der Waals surface area contributed by atoms with Gasteiger partial charge in [0, 0.05) is 5.69 Å². The van der Waals surface area contributed by atoms with Crippen molar-refractivity contribution in [1.82, 2.24) is 0 Å². The lowest BCUT2D eigenvalue weighted by Crippen LogP contribution is -2.17. The van der Waals surface area contributed by atoms with Gasteiger partial charge in [0.2, 0.25) is 0 Å². The molecule has 0 aliphatic rings. The van der Waals surface area contributed by atoms with Gasteiger partial charge in [-0.15, -0.1) is 0 Å². The van der Waals surface area contributed by atoms with Crippen LogP contribution in [0.15, 0.2) is 42.5 Å². The molecule has 0 unspecified atom stereocenters. The van der Waals surface area contributed by atoms with E-state index in [1.54, 1.807) is 6.07 Å². The molecule has 2 rings (SSSR count). The van der Waals surface area contributed by atoms with Crippen molar-refractivity contribution in [2.75, 3.05) is 10.7 Å². The number of amides is 1. The van der Waals surface area contributed by atoms with E-state index in [4.69, 9.17) is 5.84 Å². The fraction of sp³-hybridized carbons (Fsp3) is 0.235. The first-order valence-corrected chi connectivity index (χ1v) is 7.11. The van der Waals surface area contributed by atoms with E-state index in [2.05, 4.69) is 17.7 Å². The van der Waals surface area contributed by atoms with Crippen LogP contribution in [0.3, 0.4) is 0 Å². The number of aryl methyl sites for hydroxylation is 2. The summed E-state index contributed by atoms with van der Waals surface area (Å²) in [4.78, 5) is 12.3. The maximum absolute atomic E-state index is 12.3. The number of nitrogens with two attached hydrogens (primary N) is 1. The van der Waals surface area contributed by atoms with Crippen LogP contribution in [-0.2, 0) is 6.42 Å². The predicted octanol–water partition coefficient (Wildman–Crippen LogP) is 3.49. The summed E-state index contributed by atoms with van der Waals surface area (Å²) < 4.78 is 0. The van der Waals surface area contributed by atoms with Gasteiger partial charge < -0.3 is 10.7 Å². The molecule has 0 aliphatic heterocycles. The molecule has 0 radical (unpaired) electrons. The highest BCUT2D eigenvalue weighted by molar-refractivity contribution is 6.08. The second kappa shape index (κ2) is 6.90. The average molecular weight is 283 g/mol. The maximum atomic E-state index is 12.3. The monoisotopic (exact) mass is 283 g/mol. The molecule has 0 aromatic heterocycles. The Morgan fingerprint density at radius 2 is 1.86 bits per heavy atom. The van der Waals surface area contributed by atoms with Crippen LogP contribution in [0.4, 0.5) is 11.4 Å². The number of nitrogens with one attached hydrogen (secondary N) is 2. The smallest absolute Gasteiger partial charge is 0.257 e. The van der Waals surface area contributed by atoms with E-state index in [9.17, 15) is 4.79 Å². The Bertz CT molecular complexity index is 620. The number of hydrazine groups is 1. The molecule has 4 nitrogen and oxygen atoms in total. The Kier molecular flexibility index (Phi) is 4.95. The van der Waals surface area contributed by atoms with Gasteiger partial charge in [0.05, 0.1) is 11.3 Å². The third-order valence-electron chi connectivity index (χ3n) is 3.33. The Morgan fingerprint density at radius 3 is 2.48 bits per heavy atom. The lowest BCUT2D eigenvalue weighted by molar-refractivity contribution is 0.102. The predicted molar refractivity (Wildman–Crippen MR) is 87.4 cm³/mol. The summed E-state index contributed by atoms with van der Waals surface area (Å²) in [5.41, 5.74) is 6.77. The van der Waals surface area contributed by atoms with Crippen molar-refractivity contribution in [2.45, 2.75) is 26.7 Å². The highest BCUT2D eigenvalue weighted by Crippen LogP contribution is 2.19. The van der Waals surface area contributed by atoms with Crippen molar-refractivity contribution in [1.29, 1.82) is 0 Å². The minimum atomic E-state index is -0.171. The molecular weight excluding hydrogens is 262 g/mol. The average Bonchev–Trinajstić information content (AvgIpc) is 2.49. The van der Waals surface area contributed by atoms with Gasteiger partial charge in [-0.05, 0) is 43.2 Å². The first-order chi connectivity index (χ1) is 10.1. The number of nitrogen functional groups attached to an aromatic ring is 1. The number of hydrogen-bond acceptors (Lipinski definition) is 3. The Morgan fingerprint density at radius 1 is 1.14 bits per heavy atom. The normalized spacial score (nSPS) is 10.2.